The van der Waals surface area contributed by atoms with Crippen LogP contribution in [0.5, 0.6) is 5.75 Å². The molecule has 30 heavy (non-hydrogen) atoms. The van der Waals surface area contributed by atoms with Crippen LogP contribution in [0.25, 0.3) is 22.2 Å². The van der Waals surface area contributed by atoms with E-state index in [1.807, 2.05) is 0 Å². The van der Waals surface area contributed by atoms with Crippen molar-refractivity contribution in [2.75, 3.05) is 5.73 Å². The molecule has 0 amide bonds. The molecular formula is C23H25F2N3OS. The van der Waals surface area contributed by atoms with E-state index < -0.39 is 6.61 Å². The number of ether oxygens (including phenoxy) is 1. The van der Waals surface area contributed by atoms with E-state index in [9.17, 15) is 14.0 Å². The average molecular weight is 430 g/mol. The monoisotopic (exact) mass is 429 g/mol. The summed E-state index contributed by atoms with van der Waals surface area (Å²) in [7, 11) is 0. The van der Waals surface area contributed by atoms with Gasteiger partial charge in [0.15, 0.2) is 0 Å². The Labute approximate surface area is 180 Å². The average Bonchev–Trinajstić information content (AvgIpc) is 3.63. The van der Waals surface area contributed by atoms with Crippen molar-refractivity contribution in [3.05, 3.63) is 48.0 Å². The highest BCUT2D eigenvalue weighted by molar-refractivity contribution is 7.81. The van der Waals surface area contributed by atoms with Crippen LogP contribution in [-0.2, 0) is 0 Å². The largest absolute Gasteiger partial charge is 0.435 e. The molecule has 5 rings (SSSR count). The van der Waals surface area contributed by atoms with E-state index in [4.69, 9.17) is 5.73 Å². The quantitative estimate of drug-likeness (QED) is 0.334. The van der Waals surface area contributed by atoms with Gasteiger partial charge in [-0.2, -0.15) is 26.7 Å². The lowest BCUT2D eigenvalue weighted by molar-refractivity contribution is -0.0497. The van der Waals surface area contributed by atoms with Crippen molar-refractivity contribution in [3.63, 3.8) is 0 Å². The lowest BCUT2D eigenvalue weighted by Crippen LogP contribution is -2.01. The molecule has 3 N–H and O–H groups in total. The first-order valence-electron chi connectivity index (χ1n) is 9.92. The molecule has 158 valence electrons. The highest BCUT2D eigenvalue weighted by Crippen LogP contribution is 2.32. The van der Waals surface area contributed by atoms with Crippen molar-refractivity contribution < 1.29 is 13.5 Å². The van der Waals surface area contributed by atoms with E-state index in [0.29, 0.717) is 27.8 Å². The van der Waals surface area contributed by atoms with E-state index in [2.05, 4.69) is 35.3 Å². The van der Waals surface area contributed by atoms with Gasteiger partial charge in [0.05, 0.1) is 16.8 Å². The summed E-state index contributed by atoms with van der Waals surface area (Å²) in [6, 6.07) is 13.6. The fraction of sp³-hybridized carbons (Fsp3) is 0.348. The summed E-state index contributed by atoms with van der Waals surface area (Å²) in [6.45, 7) is -0.612. The summed E-state index contributed by atoms with van der Waals surface area (Å²) in [6.07, 6.45) is 5.67. The van der Waals surface area contributed by atoms with Crippen LogP contribution in [-0.4, -0.2) is 16.8 Å². The molecule has 0 bridgehead atoms. The fourth-order valence-corrected chi connectivity index (χ4v) is 2.73. The summed E-state index contributed by atoms with van der Waals surface area (Å²) in [5.41, 5.74) is 8.68. The molecule has 0 aliphatic heterocycles. The van der Waals surface area contributed by atoms with Crippen LogP contribution in [0.1, 0.15) is 38.2 Å². The fourth-order valence-electron chi connectivity index (χ4n) is 2.58. The maximum Gasteiger partial charge on any atom is 0.387 e. The summed E-state index contributed by atoms with van der Waals surface area (Å²) >= 11 is 4.08. The van der Waals surface area contributed by atoms with Gasteiger partial charge in [-0.1, -0.05) is 31.9 Å². The third-order valence-corrected chi connectivity index (χ3v) is 5.24. The first kappa shape index (κ1) is 22.0. The van der Waals surface area contributed by atoms with Crippen molar-refractivity contribution in [1.82, 2.24) is 4.98 Å². The van der Waals surface area contributed by atoms with Gasteiger partial charge in [0.1, 0.15) is 11.8 Å². The predicted molar refractivity (Wildman–Crippen MR) is 120 cm³/mol. The Bertz CT molecular complexity index is 1010. The molecule has 1 aromatic heterocycles. The molecule has 2 aromatic carbocycles. The van der Waals surface area contributed by atoms with E-state index in [0.717, 1.165) is 16.7 Å². The smallest absolute Gasteiger partial charge is 0.387 e. The second-order valence-corrected chi connectivity index (χ2v) is 8.34. The van der Waals surface area contributed by atoms with Crippen LogP contribution in [0, 0.1) is 17.2 Å². The SMILES string of the molecule is CC1CC1.N#Cc1c(-c2ccc(N)cc2)[nH]c2cc(OC(F)F)ccc12.SC1CC1. The molecule has 0 spiro atoms. The lowest BCUT2D eigenvalue weighted by Gasteiger charge is -2.03. The molecule has 0 radical (unpaired) electrons. The van der Waals surface area contributed by atoms with Gasteiger partial charge in [-0.25, -0.2) is 0 Å². The van der Waals surface area contributed by atoms with E-state index in [1.165, 1.54) is 37.8 Å². The number of anilines is 1. The van der Waals surface area contributed by atoms with Crippen LogP contribution in [0.3, 0.4) is 0 Å². The molecule has 0 saturated heterocycles. The number of fused-ring (bicyclic) bond motifs is 1. The standard InChI is InChI=1S/C16H11F2N3O.C4H8.C3H6S/c17-16(18)22-11-5-6-12-13(8-19)15(21-14(12)7-11)9-1-3-10(20)4-2-9;1-4-2-3-4;4-3-1-2-3/h1-7,16,21H,20H2;4H,2-3H2,1H3;3-4H,1-2H2. The Morgan fingerprint density at radius 3 is 2.20 bits per heavy atom. The van der Waals surface area contributed by atoms with Gasteiger partial charge in [0.25, 0.3) is 0 Å². The number of thiol groups is 1. The van der Waals surface area contributed by atoms with Gasteiger partial charge >= 0.3 is 6.61 Å². The number of halogens is 2. The number of nitrogen functional groups attached to an aromatic ring is 1. The molecule has 1 heterocycles. The molecule has 3 aromatic rings. The number of aromatic amines is 1. The Hall–Kier alpha value is -2.72. The number of rotatable bonds is 3. The zero-order valence-electron chi connectivity index (χ0n) is 16.7. The molecule has 2 aliphatic carbocycles. The van der Waals surface area contributed by atoms with Gasteiger partial charge in [-0.3, -0.25) is 0 Å². The molecule has 0 atom stereocenters. The van der Waals surface area contributed by atoms with Crippen LogP contribution < -0.4 is 10.5 Å². The van der Waals surface area contributed by atoms with Gasteiger partial charge in [-0.05, 0) is 48.6 Å². The number of benzene rings is 2. The summed E-state index contributed by atoms with van der Waals surface area (Å²) in [5, 5.41) is 10.8. The molecular weight excluding hydrogens is 404 g/mol. The van der Waals surface area contributed by atoms with Crippen molar-refractivity contribution in [2.45, 2.75) is 44.5 Å². The minimum atomic E-state index is -2.89. The summed E-state index contributed by atoms with van der Waals surface area (Å²) in [4.78, 5) is 3.08. The lowest BCUT2D eigenvalue weighted by atomic mass is 10.1. The van der Waals surface area contributed by atoms with Crippen molar-refractivity contribution in [1.29, 1.82) is 5.26 Å². The van der Waals surface area contributed by atoms with Crippen LogP contribution in [0.2, 0.25) is 0 Å². The molecule has 2 aliphatic rings. The number of hydrogen-bond donors (Lipinski definition) is 3. The van der Waals surface area contributed by atoms with Gasteiger partial charge in [-0.15, -0.1) is 0 Å². The predicted octanol–water partition coefficient (Wildman–Crippen LogP) is 6.39. The molecule has 7 heteroatoms. The second kappa shape index (κ2) is 9.86. The first-order valence-corrected chi connectivity index (χ1v) is 10.4. The highest BCUT2D eigenvalue weighted by Gasteiger charge is 2.15. The summed E-state index contributed by atoms with van der Waals surface area (Å²) < 4.78 is 28.9. The highest BCUT2D eigenvalue weighted by atomic mass is 32.1. The number of nitriles is 1. The van der Waals surface area contributed by atoms with Gasteiger partial charge in [0.2, 0.25) is 0 Å². The van der Waals surface area contributed by atoms with E-state index >= 15 is 0 Å². The van der Waals surface area contributed by atoms with E-state index in [1.54, 1.807) is 30.3 Å². The molecule has 4 nitrogen and oxygen atoms in total. The second-order valence-electron chi connectivity index (χ2n) is 7.61. The Kier molecular flexibility index (Phi) is 7.22. The van der Waals surface area contributed by atoms with Gasteiger partial charge in [0, 0.05) is 22.4 Å². The van der Waals surface area contributed by atoms with Gasteiger partial charge < -0.3 is 15.5 Å². The number of hydrogen-bond acceptors (Lipinski definition) is 4. The Morgan fingerprint density at radius 1 is 1.13 bits per heavy atom. The number of nitrogens with one attached hydrogen (secondary N) is 1. The number of alkyl halides is 2. The molecule has 2 saturated carbocycles. The van der Waals surface area contributed by atoms with Crippen LogP contribution in [0.4, 0.5) is 14.5 Å². The third kappa shape index (κ3) is 6.39. The molecule has 0 unspecified atom stereocenters. The summed E-state index contributed by atoms with van der Waals surface area (Å²) in [5.74, 6) is 1.12. The molecule has 2 fully saturated rings. The minimum Gasteiger partial charge on any atom is -0.435 e. The zero-order valence-corrected chi connectivity index (χ0v) is 17.6. The van der Waals surface area contributed by atoms with Crippen molar-refractivity contribution in [3.8, 4) is 23.1 Å². The van der Waals surface area contributed by atoms with Crippen molar-refractivity contribution in [2.24, 2.45) is 5.92 Å². The maximum absolute atomic E-state index is 12.3. The zero-order chi connectivity index (χ0) is 21.7. The van der Waals surface area contributed by atoms with Crippen LogP contribution in [0.15, 0.2) is 42.5 Å². The minimum absolute atomic E-state index is 0.0390. The van der Waals surface area contributed by atoms with E-state index in [-0.39, 0.29) is 5.75 Å². The first-order chi connectivity index (χ1) is 14.4. The number of aromatic nitrogens is 1. The Balaban J connectivity index is 0.000000265. The number of H-pyrrole nitrogens is 1. The Morgan fingerprint density at radius 2 is 1.73 bits per heavy atom. The van der Waals surface area contributed by atoms with Crippen molar-refractivity contribution >= 4 is 29.2 Å². The maximum atomic E-state index is 12.3. The third-order valence-electron chi connectivity index (χ3n) is 4.72. The number of nitrogens with zero attached hydrogens (tertiary/aromatic N) is 1. The normalized spacial score (nSPS) is 14.9. The van der Waals surface area contributed by atoms with Crippen LogP contribution >= 0.6 is 12.6 Å². The number of nitrogens with two attached hydrogens (primary N) is 1. The topological polar surface area (TPSA) is 74.8 Å².